The van der Waals surface area contributed by atoms with Crippen molar-refractivity contribution in [1.82, 2.24) is 4.90 Å². The number of halogens is 2. The molecule has 6 heteroatoms. The van der Waals surface area contributed by atoms with Gasteiger partial charge in [-0.1, -0.05) is 30.3 Å². The first-order valence-electron chi connectivity index (χ1n) is 7.53. The fourth-order valence-electron chi connectivity index (χ4n) is 3.03. The molecule has 1 fully saturated rings. The zero-order valence-corrected chi connectivity index (χ0v) is 15.7. The van der Waals surface area contributed by atoms with Crippen LogP contribution in [-0.4, -0.2) is 37.0 Å². The number of carbonyl (C=O) groups excluding carboxylic acids is 1. The van der Waals surface area contributed by atoms with Gasteiger partial charge in [0, 0.05) is 30.6 Å². The molecular formula is C18H20BrClN2O2. The normalized spacial score (nSPS) is 19.7. The molecule has 2 aromatic carbocycles. The molecule has 0 saturated carbocycles. The van der Waals surface area contributed by atoms with Crippen molar-refractivity contribution in [2.24, 2.45) is 5.73 Å². The summed E-state index contributed by atoms with van der Waals surface area (Å²) in [4.78, 5) is 14.6. The highest BCUT2D eigenvalue weighted by Gasteiger charge is 2.34. The summed E-state index contributed by atoms with van der Waals surface area (Å²) in [6.45, 7) is 1.22. The van der Waals surface area contributed by atoms with E-state index in [1.165, 1.54) is 5.56 Å². The van der Waals surface area contributed by atoms with Crippen LogP contribution in [-0.2, 0) is 0 Å². The van der Waals surface area contributed by atoms with Gasteiger partial charge in [-0.05, 0) is 39.7 Å². The Labute approximate surface area is 156 Å². The van der Waals surface area contributed by atoms with Crippen LogP contribution in [0.15, 0.2) is 53.0 Å². The summed E-state index contributed by atoms with van der Waals surface area (Å²) in [6, 6.07) is 15.5. The van der Waals surface area contributed by atoms with Crippen LogP contribution in [0.3, 0.4) is 0 Å². The maximum Gasteiger partial charge on any atom is 0.253 e. The second kappa shape index (κ2) is 8.01. The van der Waals surface area contributed by atoms with Gasteiger partial charge in [-0.2, -0.15) is 0 Å². The lowest BCUT2D eigenvalue weighted by molar-refractivity contribution is 0.0789. The molecule has 2 atom stereocenters. The lowest BCUT2D eigenvalue weighted by atomic mass is 9.95. The van der Waals surface area contributed by atoms with Gasteiger partial charge in [-0.25, -0.2) is 0 Å². The molecule has 0 bridgehead atoms. The molecule has 2 N–H and O–H groups in total. The Balaban J connectivity index is 0.00000208. The van der Waals surface area contributed by atoms with Gasteiger partial charge in [-0.15, -0.1) is 12.4 Å². The second-order valence-electron chi connectivity index (χ2n) is 5.74. The molecule has 4 nitrogen and oxygen atoms in total. The molecule has 2 aromatic rings. The van der Waals surface area contributed by atoms with E-state index in [0.29, 0.717) is 24.4 Å². The second-order valence-corrected chi connectivity index (χ2v) is 6.59. The van der Waals surface area contributed by atoms with Crippen molar-refractivity contribution in [3.05, 3.63) is 64.1 Å². The third kappa shape index (κ3) is 3.74. The van der Waals surface area contributed by atoms with Crippen LogP contribution in [0.25, 0.3) is 0 Å². The molecule has 1 heterocycles. The van der Waals surface area contributed by atoms with E-state index in [4.69, 9.17) is 10.5 Å². The lowest BCUT2D eigenvalue weighted by Gasteiger charge is -2.17. The SMILES string of the molecule is COc1ccc(C(=O)N2C[C@@H](N)[C@H](c3ccccc3)C2)cc1Br.Cl. The first-order chi connectivity index (χ1) is 11.1. The third-order valence-corrected chi connectivity index (χ3v) is 4.90. The van der Waals surface area contributed by atoms with Crippen molar-refractivity contribution in [3.63, 3.8) is 0 Å². The van der Waals surface area contributed by atoms with Gasteiger partial charge in [0.15, 0.2) is 0 Å². The van der Waals surface area contributed by atoms with E-state index in [-0.39, 0.29) is 30.3 Å². The zero-order valence-electron chi connectivity index (χ0n) is 13.3. The maximum atomic E-state index is 12.7. The predicted octanol–water partition coefficient (Wildman–Crippen LogP) is 3.45. The molecule has 0 aliphatic carbocycles. The first kappa shape index (κ1) is 18.8. The van der Waals surface area contributed by atoms with Crippen molar-refractivity contribution in [1.29, 1.82) is 0 Å². The highest BCUT2D eigenvalue weighted by Crippen LogP contribution is 2.29. The van der Waals surface area contributed by atoms with Gasteiger partial charge in [-0.3, -0.25) is 4.79 Å². The summed E-state index contributed by atoms with van der Waals surface area (Å²) in [7, 11) is 1.60. The van der Waals surface area contributed by atoms with E-state index >= 15 is 0 Å². The summed E-state index contributed by atoms with van der Waals surface area (Å²) < 4.78 is 5.98. The van der Waals surface area contributed by atoms with E-state index in [2.05, 4.69) is 28.1 Å². The van der Waals surface area contributed by atoms with E-state index < -0.39 is 0 Å². The van der Waals surface area contributed by atoms with Crippen molar-refractivity contribution in [2.45, 2.75) is 12.0 Å². The minimum atomic E-state index is -0.0389. The Morgan fingerprint density at radius 3 is 2.54 bits per heavy atom. The molecule has 0 aromatic heterocycles. The number of rotatable bonds is 3. The Morgan fingerprint density at radius 2 is 1.92 bits per heavy atom. The minimum Gasteiger partial charge on any atom is -0.496 e. The van der Waals surface area contributed by atoms with Crippen molar-refractivity contribution >= 4 is 34.2 Å². The topological polar surface area (TPSA) is 55.6 Å². The Bertz CT molecular complexity index is 711. The molecule has 1 saturated heterocycles. The average molecular weight is 412 g/mol. The van der Waals surface area contributed by atoms with E-state index in [1.54, 1.807) is 25.3 Å². The number of nitrogens with zero attached hydrogens (tertiary/aromatic N) is 1. The molecule has 3 rings (SSSR count). The minimum absolute atomic E-state index is 0. The van der Waals surface area contributed by atoms with Crippen LogP contribution in [0, 0.1) is 0 Å². The smallest absolute Gasteiger partial charge is 0.253 e. The molecular weight excluding hydrogens is 392 g/mol. The number of nitrogens with two attached hydrogens (primary N) is 1. The Morgan fingerprint density at radius 1 is 1.21 bits per heavy atom. The van der Waals surface area contributed by atoms with Gasteiger partial charge in [0.25, 0.3) is 5.91 Å². The van der Waals surface area contributed by atoms with Gasteiger partial charge in [0.1, 0.15) is 5.75 Å². The standard InChI is InChI=1S/C18H19BrN2O2.ClH/c1-23-17-8-7-13(9-15(17)19)18(22)21-10-14(16(20)11-21)12-5-3-2-4-6-12;/h2-9,14,16H,10-11,20H2,1H3;1H/t14-,16+;/m0./s1. The molecule has 0 spiro atoms. The summed E-state index contributed by atoms with van der Waals surface area (Å²) in [5.41, 5.74) is 8.09. The predicted molar refractivity (Wildman–Crippen MR) is 101 cm³/mol. The van der Waals surface area contributed by atoms with E-state index in [1.807, 2.05) is 23.1 Å². The van der Waals surface area contributed by atoms with Gasteiger partial charge in [0.2, 0.25) is 0 Å². The van der Waals surface area contributed by atoms with Gasteiger partial charge >= 0.3 is 0 Å². The summed E-state index contributed by atoms with van der Waals surface area (Å²) in [5, 5.41) is 0. The number of likely N-dealkylation sites (tertiary alicyclic amines) is 1. The van der Waals surface area contributed by atoms with Crippen LogP contribution >= 0.6 is 28.3 Å². The van der Waals surface area contributed by atoms with Crippen molar-refractivity contribution in [2.75, 3.05) is 20.2 Å². The average Bonchev–Trinajstić information content (AvgIpc) is 2.96. The molecule has 0 unspecified atom stereocenters. The zero-order chi connectivity index (χ0) is 16.4. The Kier molecular flexibility index (Phi) is 6.27. The molecule has 24 heavy (non-hydrogen) atoms. The quantitative estimate of drug-likeness (QED) is 0.841. The molecule has 1 aliphatic rings. The van der Waals surface area contributed by atoms with Crippen LogP contribution < -0.4 is 10.5 Å². The number of ether oxygens (including phenoxy) is 1. The largest absolute Gasteiger partial charge is 0.496 e. The number of amides is 1. The van der Waals surface area contributed by atoms with Crippen LogP contribution in [0.5, 0.6) is 5.75 Å². The summed E-state index contributed by atoms with van der Waals surface area (Å²) in [6.07, 6.45) is 0. The number of hydrogen-bond donors (Lipinski definition) is 1. The highest BCUT2D eigenvalue weighted by atomic mass is 79.9. The number of benzene rings is 2. The lowest BCUT2D eigenvalue weighted by Crippen LogP contribution is -2.32. The number of carbonyl (C=O) groups is 1. The maximum absolute atomic E-state index is 12.7. The molecule has 128 valence electrons. The van der Waals surface area contributed by atoms with E-state index in [0.717, 1.165) is 4.47 Å². The summed E-state index contributed by atoms with van der Waals surface area (Å²) in [5.74, 6) is 0.894. The fraction of sp³-hybridized carbons (Fsp3) is 0.278. The van der Waals surface area contributed by atoms with E-state index in [9.17, 15) is 4.79 Å². The van der Waals surface area contributed by atoms with Gasteiger partial charge in [0.05, 0.1) is 11.6 Å². The third-order valence-electron chi connectivity index (χ3n) is 4.28. The number of methoxy groups -OCH3 is 1. The first-order valence-corrected chi connectivity index (χ1v) is 8.33. The van der Waals surface area contributed by atoms with Crippen LogP contribution in [0.4, 0.5) is 0 Å². The molecule has 1 aliphatic heterocycles. The van der Waals surface area contributed by atoms with Crippen LogP contribution in [0.1, 0.15) is 21.8 Å². The number of hydrogen-bond acceptors (Lipinski definition) is 3. The van der Waals surface area contributed by atoms with Crippen LogP contribution in [0.2, 0.25) is 0 Å². The van der Waals surface area contributed by atoms with Crippen molar-refractivity contribution in [3.8, 4) is 5.75 Å². The highest BCUT2D eigenvalue weighted by molar-refractivity contribution is 9.10. The summed E-state index contributed by atoms with van der Waals surface area (Å²) >= 11 is 3.42. The molecule has 0 radical (unpaired) electrons. The fourth-order valence-corrected chi connectivity index (χ4v) is 3.57. The molecule has 1 amide bonds. The van der Waals surface area contributed by atoms with Crippen molar-refractivity contribution < 1.29 is 9.53 Å². The Hall–Kier alpha value is -1.56. The van der Waals surface area contributed by atoms with Gasteiger partial charge < -0.3 is 15.4 Å². The monoisotopic (exact) mass is 410 g/mol.